The Morgan fingerprint density at radius 2 is 2.03 bits per heavy atom. The first-order valence-electron chi connectivity index (χ1n) is 11.4. The van der Waals surface area contributed by atoms with Crippen LogP contribution in [-0.4, -0.2) is 74.2 Å². The van der Waals surface area contributed by atoms with Gasteiger partial charge in [-0.3, -0.25) is 9.78 Å². The number of rotatable bonds is 4. The average molecular weight is 451 g/mol. The summed E-state index contributed by atoms with van der Waals surface area (Å²) in [5, 5.41) is 5.80. The highest BCUT2D eigenvalue weighted by Crippen LogP contribution is 2.44. The Balaban J connectivity index is 1.37. The van der Waals surface area contributed by atoms with Crippen LogP contribution in [0.15, 0.2) is 42.4 Å². The second kappa shape index (κ2) is 8.45. The maximum atomic E-state index is 13.1. The fourth-order valence-electron chi connectivity index (χ4n) is 4.82. The number of aromatic nitrogens is 3. The molecule has 0 N–H and O–H groups in total. The zero-order chi connectivity index (χ0) is 22.4. The van der Waals surface area contributed by atoms with Crippen LogP contribution in [0.25, 0.3) is 10.8 Å². The lowest BCUT2D eigenvalue weighted by atomic mass is 10.0. The quantitative estimate of drug-likeness (QED) is 0.670. The maximum absolute atomic E-state index is 13.1. The Kier molecular flexibility index (Phi) is 5.64. The molecule has 3 aliphatic rings. The Morgan fingerprint density at radius 1 is 1.25 bits per heavy atom. The van der Waals surface area contributed by atoms with Crippen LogP contribution in [0, 0.1) is 6.92 Å². The normalized spacial score (nSPS) is 22.7. The SMILES string of the molecule is CCc1nc(C)cn2nc(C3=CC(=O)N4C=C(N5CCC(N(C)C)CC5)C=CC4P3)cc12. The lowest BCUT2D eigenvalue weighted by molar-refractivity contribution is -0.123. The zero-order valence-corrected chi connectivity index (χ0v) is 20.2. The summed E-state index contributed by atoms with van der Waals surface area (Å²) < 4.78 is 1.91. The molecule has 0 aliphatic carbocycles. The van der Waals surface area contributed by atoms with Crippen LogP contribution < -0.4 is 0 Å². The summed E-state index contributed by atoms with van der Waals surface area (Å²) in [4.78, 5) is 24.3. The van der Waals surface area contributed by atoms with Crippen LogP contribution in [0.5, 0.6) is 0 Å². The Bertz CT molecular complexity index is 1140. The maximum Gasteiger partial charge on any atom is 0.252 e. The van der Waals surface area contributed by atoms with Crippen LogP contribution >= 0.6 is 8.58 Å². The van der Waals surface area contributed by atoms with E-state index in [1.54, 1.807) is 6.08 Å². The van der Waals surface area contributed by atoms with E-state index in [9.17, 15) is 4.79 Å². The summed E-state index contributed by atoms with van der Waals surface area (Å²) in [6.07, 6.45) is 13.3. The number of carbonyl (C=O) groups is 1. The van der Waals surface area contributed by atoms with Crippen LogP contribution in [0.1, 0.15) is 36.8 Å². The van der Waals surface area contributed by atoms with Gasteiger partial charge in [-0.05, 0) is 52.4 Å². The van der Waals surface area contributed by atoms with Gasteiger partial charge < -0.3 is 14.7 Å². The Morgan fingerprint density at radius 3 is 2.75 bits per heavy atom. The summed E-state index contributed by atoms with van der Waals surface area (Å²) in [6, 6.07) is 2.73. The van der Waals surface area contributed by atoms with E-state index in [2.05, 4.69) is 60.2 Å². The fourth-order valence-corrected chi connectivity index (χ4v) is 6.15. The minimum atomic E-state index is 0.0378. The number of nitrogens with zero attached hydrogens (tertiary/aromatic N) is 6. The molecule has 2 aromatic heterocycles. The first-order valence-corrected chi connectivity index (χ1v) is 12.5. The lowest BCUT2D eigenvalue weighted by Gasteiger charge is -2.40. The minimum absolute atomic E-state index is 0.0378. The summed E-state index contributed by atoms with van der Waals surface area (Å²) >= 11 is 0. The number of aryl methyl sites for hydroxylation is 2. The summed E-state index contributed by atoms with van der Waals surface area (Å²) in [6.45, 7) is 6.16. The zero-order valence-electron chi connectivity index (χ0n) is 19.2. The van der Waals surface area contributed by atoms with Crippen LogP contribution in [0.4, 0.5) is 0 Å². The number of amides is 1. The number of fused-ring (bicyclic) bond motifs is 2. The van der Waals surface area contributed by atoms with Gasteiger partial charge in [0.05, 0.1) is 40.3 Å². The predicted molar refractivity (Wildman–Crippen MR) is 130 cm³/mol. The molecule has 2 unspecified atom stereocenters. The Labute approximate surface area is 191 Å². The van der Waals surface area contributed by atoms with Gasteiger partial charge in [0.25, 0.3) is 5.91 Å². The second-order valence-electron chi connectivity index (χ2n) is 9.03. The van der Waals surface area contributed by atoms with Gasteiger partial charge in [-0.15, -0.1) is 0 Å². The second-order valence-corrected chi connectivity index (χ2v) is 10.4. The average Bonchev–Trinajstić information content (AvgIpc) is 3.22. The molecule has 1 fully saturated rings. The van der Waals surface area contributed by atoms with Gasteiger partial charge in [-0.25, -0.2) is 4.52 Å². The van der Waals surface area contributed by atoms with Gasteiger partial charge in [0.15, 0.2) is 0 Å². The van der Waals surface area contributed by atoms with Crippen molar-refractivity contribution in [1.82, 2.24) is 29.3 Å². The van der Waals surface area contributed by atoms with Crippen molar-refractivity contribution >= 4 is 25.3 Å². The van der Waals surface area contributed by atoms with Crippen molar-refractivity contribution in [2.75, 3.05) is 27.2 Å². The molecule has 1 saturated heterocycles. The third-order valence-corrected chi connectivity index (χ3v) is 8.15. The van der Waals surface area contributed by atoms with E-state index < -0.39 is 0 Å². The van der Waals surface area contributed by atoms with Gasteiger partial charge in [0.2, 0.25) is 0 Å². The minimum Gasteiger partial charge on any atom is -0.370 e. The smallest absolute Gasteiger partial charge is 0.252 e. The highest BCUT2D eigenvalue weighted by Gasteiger charge is 2.31. The molecule has 0 radical (unpaired) electrons. The van der Waals surface area contributed by atoms with Crippen LogP contribution in [0.2, 0.25) is 0 Å². The molecule has 2 aromatic rings. The van der Waals surface area contributed by atoms with Gasteiger partial charge in [0, 0.05) is 36.7 Å². The Hall–Kier alpha value is -2.50. The monoisotopic (exact) mass is 450 g/mol. The van der Waals surface area contributed by atoms with E-state index in [4.69, 9.17) is 5.10 Å². The third kappa shape index (κ3) is 3.89. The first kappa shape index (κ1) is 21.4. The summed E-state index contributed by atoms with van der Waals surface area (Å²) in [5.41, 5.74) is 5.05. The molecule has 0 aromatic carbocycles. The van der Waals surface area contributed by atoms with Crippen molar-refractivity contribution in [3.05, 3.63) is 59.5 Å². The molecule has 1 amide bonds. The number of likely N-dealkylation sites (tertiary alicyclic amines) is 1. The number of carbonyl (C=O) groups excluding carboxylic acids is 1. The molecule has 8 heteroatoms. The molecule has 3 aliphatic heterocycles. The van der Waals surface area contributed by atoms with Crippen molar-refractivity contribution in [2.45, 2.75) is 44.9 Å². The van der Waals surface area contributed by atoms with Crippen molar-refractivity contribution in [2.24, 2.45) is 0 Å². The lowest BCUT2D eigenvalue weighted by Crippen LogP contribution is -2.43. The third-order valence-electron chi connectivity index (χ3n) is 6.67. The molecule has 32 heavy (non-hydrogen) atoms. The number of hydrogen-bond acceptors (Lipinski definition) is 5. The molecule has 0 bridgehead atoms. The van der Waals surface area contributed by atoms with Crippen molar-refractivity contribution in [1.29, 1.82) is 0 Å². The van der Waals surface area contributed by atoms with Crippen LogP contribution in [-0.2, 0) is 11.2 Å². The molecule has 2 atom stereocenters. The molecular formula is C24H31N6OP. The van der Waals surface area contributed by atoms with Gasteiger partial charge in [-0.1, -0.05) is 21.6 Å². The largest absolute Gasteiger partial charge is 0.370 e. The topological polar surface area (TPSA) is 57.0 Å². The molecular weight excluding hydrogens is 419 g/mol. The molecule has 168 valence electrons. The number of piperidine rings is 1. The van der Waals surface area contributed by atoms with Crippen molar-refractivity contribution in [3.8, 4) is 0 Å². The molecule has 0 saturated carbocycles. The van der Waals surface area contributed by atoms with E-state index in [0.29, 0.717) is 14.6 Å². The van der Waals surface area contributed by atoms with Crippen LogP contribution in [0.3, 0.4) is 0 Å². The first-order chi connectivity index (χ1) is 15.4. The van der Waals surface area contributed by atoms with E-state index in [0.717, 1.165) is 66.0 Å². The van der Waals surface area contributed by atoms with E-state index in [1.165, 1.54) is 0 Å². The highest BCUT2D eigenvalue weighted by atomic mass is 31.1. The van der Waals surface area contributed by atoms with E-state index in [-0.39, 0.29) is 11.7 Å². The van der Waals surface area contributed by atoms with Crippen molar-refractivity contribution < 1.29 is 4.79 Å². The number of hydrogen-bond donors (Lipinski definition) is 0. The van der Waals surface area contributed by atoms with E-state index >= 15 is 0 Å². The number of allylic oxidation sites excluding steroid dienone is 1. The predicted octanol–water partition coefficient (Wildman–Crippen LogP) is 3.23. The standard InChI is InChI=1S/C24H31N6OP/c1-5-19-21-12-20(26-30(21)14-16(2)25-19)22-13-23(31)29-15-18(6-7-24(29)32-22)28-10-8-17(9-11-28)27(3)4/h6-7,12-15,17,24,32H,5,8-11H2,1-4H3. The van der Waals surface area contributed by atoms with E-state index in [1.807, 2.05) is 22.5 Å². The molecule has 5 rings (SSSR count). The molecule has 7 nitrogen and oxygen atoms in total. The molecule has 5 heterocycles. The van der Waals surface area contributed by atoms with Gasteiger partial charge in [-0.2, -0.15) is 5.10 Å². The van der Waals surface area contributed by atoms with Gasteiger partial charge >= 0.3 is 0 Å². The molecule has 0 spiro atoms. The fraction of sp³-hybridized carbons (Fsp3) is 0.458. The summed E-state index contributed by atoms with van der Waals surface area (Å²) in [7, 11) is 4.79. The summed E-state index contributed by atoms with van der Waals surface area (Å²) in [5.74, 6) is 0.108. The highest BCUT2D eigenvalue weighted by molar-refractivity contribution is 7.51. The van der Waals surface area contributed by atoms with Gasteiger partial charge in [0.1, 0.15) is 0 Å². The van der Waals surface area contributed by atoms with Crippen molar-refractivity contribution in [3.63, 3.8) is 0 Å².